The molecule has 2 rings (SSSR count). The van der Waals surface area contributed by atoms with Gasteiger partial charge in [-0.3, -0.25) is 0 Å². The second-order valence-corrected chi connectivity index (χ2v) is 5.83. The lowest BCUT2D eigenvalue weighted by Crippen LogP contribution is -2.40. The molecule has 1 N–H and O–H groups in total. The Labute approximate surface area is 116 Å². The minimum Gasteiger partial charge on any atom is -0.497 e. The Morgan fingerprint density at radius 3 is 2.58 bits per heavy atom. The van der Waals surface area contributed by atoms with E-state index < -0.39 is 0 Å². The van der Waals surface area contributed by atoms with Crippen LogP contribution in [0, 0.1) is 5.92 Å². The topological polar surface area (TPSA) is 30.5 Å². The van der Waals surface area contributed by atoms with Crippen molar-refractivity contribution in [2.75, 3.05) is 27.3 Å². The molecule has 0 aromatic heterocycles. The van der Waals surface area contributed by atoms with E-state index in [-0.39, 0.29) is 5.41 Å². The van der Waals surface area contributed by atoms with Gasteiger partial charge >= 0.3 is 0 Å². The average molecular weight is 263 g/mol. The number of piperidine rings is 1. The van der Waals surface area contributed by atoms with Gasteiger partial charge in [0.15, 0.2) is 0 Å². The highest BCUT2D eigenvalue weighted by Crippen LogP contribution is 2.41. The van der Waals surface area contributed by atoms with E-state index >= 15 is 0 Å². The number of ether oxygens (including phenoxy) is 2. The summed E-state index contributed by atoms with van der Waals surface area (Å²) < 4.78 is 10.8. The first-order valence-electron chi connectivity index (χ1n) is 7.03. The fourth-order valence-corrected chi connectivity index (χ4v) is 3.02. The van der Waals surface area contributed by atoms with Crippen molar-refractivity contribution in [1.29, 1.82) is 0 Å². The molecule has 1 aliphatic heterocycles. The van der Waals surface area contributed by atoms with Crippen LogP contribution in [0.25, 0.3) is 0 Å². The van der Waals surface area contributed by atoms with Crippen molar-refractivity contribution >= 4 is 0 Å². The number of nitrogens with one attached hydrogen (secondary N) is 1. The maximum atomic E-state index is 5.56. The van der Waals surface area contributed by atoms with E-state index in [2.05, 4.69) is 25.2 Å². The fraction of sp³-hybridized carbons (Fsp3) is 0.625. The first-order valence-corrected chi connectivity index (χ1v) is 7.03. The van der Waals surface area contributed by atoms with Crippen LogP contribution in [-0.4, -0.2) is 27.3 Å². The highest BCUT2D eigenvalue weighted by molar-refractivity contribution is 5.45. The molecule has 0 saturated carbocycles. The highest BCUT2D eigenvalue weighted by Gasteiger charge is 2.34. The summed E-state index contributed by atoms with van der Waals surface area (Å²) in [5.74, 6) is 2.41. The van der Waals surface area contributed by atoms with E-state index in [1.807, 2.05) is 12.1 Å². The van der Waals surface area contributed by atoms with Gasteiger partial charge < -0.3 is 14.8 Å². The zero-order valence-corrected chi connectivity index (χ0v) is 12.5. The van der Waals surface area contributed by atoms with Crippen molar-refractivity contribution in [3.8, 4) is 11.5 Å². The van der Waals surface area contributed by atoms with Gasteiger partial charge in [-0.25, -0.2) is 0 Å². The van der Waals surface area contributed by atoms with E-state index in [9.17, 15) is 0 Å². The van der Waals surface area contributed by atoms with E-state index in [1.54, 1.807) is 14.2 Å². The molecule has 1 aliphatic rings. The lowest BCUT2D eigenvalue weighted by molar-refractivity contribution is 0.245. The Morgan fingerprint density at radius 2 is 2.00 bits per heavy atom. The predicted molar refractivity (Wildman–Crippen MR) is 78.2 cm³/mol. The zero-order chi connectivity index (χ0) is 13.9. The Kier molecular flexibility index (Phi) is 4.35. The van der Waals surface area contributed by atoms with Crippen LogP contribution >= 0.6 is 0 Å². The van der Waals surface area contributed by atoms with E-state index in [1.165, 1.54) is 18.4 Å². The molecule has 1 unspecified atom stereocenters. The van der Waals surface area contributed by atoms with Crippen LogP contribution < -0.4 is 14.8 Å². The van der Waals surface area contributed by atoms with Crippen molar-refractivity contribution in [1.82, 2.24) is 5.32 Å². The van der Waals surface area contributed by atoms with Gasteiger partial charge in [-0.2, -0.15) is 0 Å². The molecule has 0 aliphatic carbocycles. The molecule has 19 heavy (non-hydrogen) atoms. The van der Waals surface area contributed by atoms with Gasteiger partial charge in [0.1, 0.15) is 11.5 Å². The van der Waals surface area contributed by atoms with Crippen LogP contribution in [0.3, 0.4) is 0 Å². The minimum absolute atomic E-state index is 0.102. The standard InChI is InChI=1S/C16H25NO2/c1-16(2,12-6-5-9-17-11-12)14-8-7-13(18-3)10-15(14)19-4/h7-8,10,12,17H,5-6,9,11H2,1-4H3. The van der Waals surface area contributed by atoms with Gasteiger partial charge in [0.25, 0.3) is 0 Å². The van der Waals surface area contributed by atoms with Crippen LogP contribution in [0.15, 0.2) is 18.2 Å². The Balaban J connectivity index is 2.32. The number of hydrogen-bond acceptors (Lipinski definition) is 3. The SMILES string of the molecule is COc1ccc(C(C)(C)C2CCCNC2)c(OC)c1. The van der Waals surface area contributed by atoms with Crippen LogP contribution in [0.2, 0.25) is 0 Å². The van der Waals surface area contributed by atoms with Crippen LogP contribution in [0.4, 0.5) is 0 Å². The van der Waals surface area contributed by atoms with Gasteiger partial charge in [0, 0.05) is 11.6 Å². The van der Waals surface area contributed by atoms with Crippen molar-refractivity contribution in [2.24, 2.45) is 5.92 Å². The van der Waals surface area contributed by atoms with Crippen molar-refractivity contribution in [3.63, 3.8) is 0 Å². The molecule has 0 amide bonds. The summed E-state index contributed by atoms with van der Waals surface area (Å²) in [5.41, 5.74) is 1.37. The Morgan fingerprint density at radius 1 is 1.21 bits per heavy atom. The minimum atomic E-state index is 0.102. The first kappa shape index (κ1) is 14.2. The monoisotopic (exact) mass is 263 g/mol. The van der Waals surface area contributed by atoms with Gasteiger partial charge in [-0.05, 0) is 43.3 Å². The van der Waals surface area contributed by atoms with E-state index in [4.69, 9.17) is 9.47 Å². The third kappa shape index (κ3) is 2.86. The molecule has 1 aromatic carbocycles. The zero-order valence-electron chi connectivity index (χ0n) is 12.5. The summed E-state index contributed by atoms with van der Waals surface area (Å²) in [7, 11) is 3.41. The average Bonchev–Trinajstić information content (AvgIpc) is 2.47. The molecule has 0 radical (unpaired) electrons. The summed E-state index contributed by atoms with van der Waals surface area (Å²) in [6.45, 7) is 6.86. The second-order valence-electron chi connectivity index (χ2n) is 5.83. The van der Waals surface area contributed by atoms with Crippen LogP contribution in [0.5, 0.6) is 11.5 Å². The molecule has 1 atom stereocenters. The van der Waals surface area contributed by atoms with Gasteiger partial charge in [0.2, 0.25) is 0 Å². The van der Waals surface area contributed by atoms with Crippen molar-refractivity contribution < 1.29 is 9.47 Å². The number of methoxy groups -OCH3 is 2. The maximum absolute atomic E-state index is 5.56. The predicted octanol–water partition coefficient (Wildman–Crippen LogP) is 2.98. The van der Waals surface area contributed by atoms with Crippen LogP contribution in [0.1, 0.15) is 32.3 Å². The lowest BCUT2D eigenvalue weighted by Gasteiger charge is -2.38. The molecular formula is C16H25NO2. The molecule has 1 aromatic rings. The largest absolute Gasteiger partial charge is 0.497 e. The third-order valence-electron chi connectivity index (χ3n) is 4.42. The molecular weight excluding hydrogens is 238 g/mol. The number of rotatable bonds is 4. The summed E-state index contributed by atoms with van der Waals surface area (Å²) >= 11 is 0. The smallest absolute Gasteiger partial charge is 0.126 e. The van der Waals surface area contributed by atoms with Gasteiger partial charge in [0.05, 0.1) is 14.2 Å². The molecule has 0 spiro atoms. The van der Waals surface area contributed by atoms with Crippen molar-refractivity contribution in [2.45, 2.75) is 32.1 Å². The van der Waals surface area contributed by atoms with Gasteiger partial charge in [-0.1, -0.05) is 19.9 Å². The fourth-order valence-electron chi connectivity index (χ4n) is 3.02. The molecule has 1 fully saturated rings. The second kappa shape index (κ2) is 5.83. The number of benzene rings is 1. The summed E-state index contributed by atoms with van der Waals surface area (Å²) in [6.07, 6.45) is 2.53. The Hall–Kier alpha value is -1.22. The molecule has 3 heteroatoms. The van der Waals surface area contributed by atoms with Crippen LogP contribution in [-0.2, 0) is 5.41 Å². The van der Waals surface area contributed by atoms with E-state index in [0.717, 1.165) is 24.6 Å². The van der Waals surface area contributed by atoms with Crippen molar-refractivity contribution in [3.05, 3.63) is 23.8 Å². The number of hydrogen-bond donors (Lipinski definition) is 1. The van der Waals surface area contributed by atoms with Gasteiger partial charge in [-0.15, -0.1) is 0 Å². The third-order valence-corrected chi connectivity index (χ3v) is 4.42. The first-order chi connectivity index (χ1) is 9.09. The molecule has 106 valence electrons. The lowest BCUT2D eigenvalue weighted by atomic mass is 9.70. The molecule has 3 nitrogen and oxygen atoms in total. The summed E-state index contributed by atoms with van der Waals surface area (Å²) in [5, 5.41) is 3.51. The quantitative estimate of drug-likeness (QED) is 0.906. The summed E-state index contributed by atoms with van der Waals surface area (Å²) in [4.78, 5) is 0. The summed E-state index contributed by atoms with van der Waals surface area (Å²) in [6, 6.07) is 6.15. The maximum Gasteiger partial charge on any atom is 0.126 e. The van der Waals surface area contributed by atoms with E-state index in [0.29, 0.717) is 5.92 Å². The molecule has 1 heterocycles. The molecule has 1 saturated heterocycles. The molecule has 0 bridgehead atoms. The Bertz CT molecular complexity index is 423. The normalized spacial score (nSPS) is 20.1. The highest BCUT2D eigenvalue weighted by atomic mass is 16.5.